The number of hydrogen-bond donors (Lipinski definition) is 1. The van der Waals surface area contributed by atoms with E-state index in [0.717, 1.165) is 37.1 Å². The molecule has 0 spiro atoms. The van der Waals surface area contributed by atoms with Crippen molar-refractivity contribution < 1.29 is 9.90 Å². The van der Waals surface area contributed by atoms with Gasteiger partial charge in [-0.1, -0.05) is 23.4 Å². The fourth-order valence-corrected chi connectivity index (χ4v) is 7.66. The Morgan fingerprint density at radius 3 is 2.64 bits per heavy atom. The maximum Gasteiger partial charge on any atom is 0.338 e. The first-order chi connectivity index (χ1) is 22.7. The van der Waals surface area contributed by atoms with Gasteiger partial charge in [0.05, 0.1) is 39.4 Å². The lowest BCUT2D eigenvalue weighted by atomic mass is 10.00. The minimum Gasteiger partial charge on any atom is -0.478 e. The lowest BCUT2D eigenvalue weighted by Crippen LogP contribution is -2.44. The van der Waals surface area contributed by atoms with Crippen molar-refractivity contribution in [1.29, 1.82) is 5.26 Å². The standard InChI is InChI=1S/C35H30ClN7O3S/c1-20-40-29-18-39-33(42-14-10-24(11-15-42)41(2)23-7-8-23)27(17-37)30(29)34(44)43(20)13-3-4-21-5-6-22(36)16-26(21)25-9-12-38-31-28(35(45)46)19-47-32(25)31/h5-6,9,12,16,18-19,23-24H,7-8,10-11,13-15H2,1-2H3,(H,45,46). The molecule has 47 heavy (non-hydrogen) atoms. The molecule has 1 N–H and O–H groups in total. The van der Waals surface area contributed by atoms with Crippen molar-refractivity contribution in [3.63, 3.8) is 0 Å². The van der Waals surface area contributed by atoms with E-state index in [2.05, 4.69) is 49.7 Å². The van der Waals surface area contributed by atoms with Crippen LogP contribution in [0.15, 0.2) is 46.8 Å². The summed E-state index contributed by atoms with van der Waals surface area (Å²) >= 11 is 7.69. The quantitative estimate of drug-likeness (QED) is 0.227. The van der Waals surface area contributed by atoms with Crippen molar-refractivity contribution in [2.75, 3.05) is 25.0 Å². The number of fused-ring (bicyclic) bond motifs is 2. The first-order valence-electron chi connectivity index (χ1n) is 15.4. The molecule has 0 unspecified atom stereocenters. The molecule has 0 bridgehead atoms. The van der Waals surface area contributed by atoms with Crippen LogP contribution in [0.3, 0.4) is 0 Å². The van der Waals surface area contributed by atoms with Gasteiger partial charge in [-0.05, 0) is 63.9 Å². The Morgan fingerprint density at radius 1 is 1.15 bits per heavy atom. The zero-order chi connectivity index (χ0) is 32.8. The zero-order valence-corrected chi connectivity index (χ0v) is 27.4. The summed E-state index contributed by atoms with van der Waals surface area (Å²) in [5.41, 5.74) is 2.99. The number of piperidine rings is 1. The number of benzene rings is 1. The van der Waals surface area contributed by atoms with Crippen LogP contribution in [-0.2, 0) is 6.54 Å². The SMILES string of the molecule is Cc1nc2cnc(N3CCC(N(C)C4CC4)CC3)c(C#N)c2c(=O)n1CC#Cc1ccc(Cl)cc1-c1ccnc2c(C(=O)O)csc12. The summed E-state index contributed by atoms with van der Waals surface area (Å²) in [6, 6.07) is 10.6. The second-order valence-corrected chi connectivity index (χ2v) is 13.3. The molecule has 4 aromatic heterocycles. The molecule has 12 heteroatoms. The molecule has 10 nitrogen and oxygen atoms in total. The molecule has 0 amide bonds. The summed E-state index contributed by atoms with van der Waals surface area (Å²) in [4.78, 5) is 43.8. The Labute approximate surface area is 279 Å². The number of nitrogens with zero attached hydrogens (tertiary/aromatic N) is 7. The summed E-state index contributed by atoms with van der Waals surface area (Å²) in [5, 5.41) is 22.2. The Balaban J connectivity index is 1.21. The molecule has 0 radical (unpaired) electrons. The molecular formula is C35H30ClN7O3S. The second kappa shape index (κ2) is 12.4. The van der Waals surface area contributed by atoms with Crippen LogP contribution >= 0.6 is 22.9 Å². The first kappa shape index (κ1) is 30.8. The zero-order valence-electron chi connectivity index (χ0n) is 25.8. The van der Waals surface area contributed by atoms with Crippen LogP contribution in [0, 0.1) is 30.1 Å². The van der Waals surface area contributed by atoms with Crippen LogP contribution in [0.1, 0.15) is 53.0 Å². The molecule has 1 saturated heterocycles. The van der Waals surface area contributed by atoms with E-state index in [1.807, 2.05) is 6.07 Å². The van der Waals surface area contributed by atoms with Crippen LogP contribution in [0.5, 0.6) is 0 Å². The molecule has 1 aromatic carbocycles. The third-order valence-electron chi connectivity index (χ3n) is 9.16. The van der Waals surface area contributed by atoms with Crippen molar-refractivity contribution in [2.45, 2.75) is 51.2 Å². The number of halogens is 1. The highest BCUT2D eigenvalue weighted by Crippen LogP contribution is 2.37. The van der Waals surface area contributed by atoms with Crippen LogP contribution in [-0.4, -0.2) is 67.7 Å². The molecule has 2 fully saturated rings. The Morgan fingerprint density at radius 2 is 1.91 bits per heavy atom. The fraction of sp³-hybridized carbons (Fsp3) is 0.314. The van der Waals surface area contributed by atoms with Gasteiger partial charge in [0, 0.05) is 58.5 Å². The maximum absolute atomic E-state index is 13.9. The number of carboxylic acids is 1. The monoisotopic (exact) mass is 663 g/mol. The van der Waals surface area contributed by atoms with Gasteiger partial charge in [0.2, 0.25) is 0 Å². The van der Waals surface area contributed by atoms with Gasteiger partial charge in [-0.25, -0.2) is 14.8 Å². The van der Waals surface area contributed by atoms with E-state index >= 15 is 0 Å². The Kier molecular flexibility index (Phi) is 8.15. The largest absolute Gasteiger partial charge is 0.478 e. The Bertz CT molecular complexity index is 2230. The van der Waals surface area contributed by atoms with Gasteiger partial charge in [-0.3, -0.25) is 14.3 Å². The van der Waals surface area contributed by atoms with E-state index in [1.165, 1.54) is 28.7 Å². The third kappa shape index (κ3) is 5.72. The van der Waals surface area contributed by atoms with Crippen molar-refractivity contribution in [3.05, 3.63) is 79.9 Å². The van der Waals surface area contributed by atoms with Crippen LogP contribution in [0.2, 0.25) is 5.02 Å². The average Bonchev–Trinajstić information content (AvgIpc) is 3.83. The summed E-state index contributed by atoms with van der Waals surface area (Å²) < 4.78 is 2.20. The lowest BCUT2D eigenvalue weighted by Gasteiger charge is -2.37. The van der Waals surface area contributed by atoms with Gasteiger partial charge in [-0.2, -0.15) is 5.26 Å². The molecule has 1 saturated carbocycles. The number of aryl methyl sites for hydroxylation is 1. The molecule has 0 atom stereocenters. The smallest absolute Gasteiger partial charge is 0.338 e. The van der Waals surface area contributed by atoms with Gasteiger partial charge < -0.3 is 14.9 Å². The van der Waals surface area contributed by atoms with Crippen molar-refractivity contribution in [2.24, 2.45) is 0 Å². The minimum absolute atomic E-state index is 0.0466. The number of aromatic nitrogens is 4. The number of rotatable bonds is 6. The number of thiophene rings is 1. The summed E-state index contributed by atoms with van der Waals surface area (Å²) in [6.45, 7) is 3.32. The van der Waals surface area contributed by atoms with Crippen LogP contribution < -0.4 is 10.5 Å². The van der Waals surface area contributed by atoms with Gasteiger partial charge in [-0.15, -0.1) is 11.3 Å². The normalized spacial score (nSPS) is 15.2. The molecule has 5 heterocycles. The third-order valence-corrected chi connectivity index (χ3v) is 10.4. The number of pyridine rings is 2. The van der Waals surface area contributed by atoms with E-state index in [9.17, 15) is 20.0 Å². The first-order valence-corrected chi connectivity index (χ1v) is 16.7. The van der Waals surface area contributed by atoms with Gasteiger partial charge in [0.25, 0.3) is 5.56 Å². The second-order valence-electron chi connectivity index (χ2n) is 12.0. The predicted octanol–water partition coefficient (Wildman–Crippen LogP) is 5.71. The van der Waals surface area contributed by atoms with Crippen molar-refractivity contribution >= 4 is 55.8 Å². The topological polar surface area (TPSA) is 128 Å². The number of nitriles is 1. The maximum atomic E-state index is 13.9. The number of carbonyl (C=O) groups is 1. The minimum atomic E-state index is -1.04. The van der Waals surface area contributed by atoms with E-state index in [1.54, 1.807) is 42.9 Å². The molecule has 236 valence electrons. The predicted molar refractivity (Wildman–Crippen MR) is 183 cm³/mol. The van der Waals surface area contributed by atoms with E-state index in [-0.39, 0.29) is 28.6 Å². The fourth-order valence-electron chi connectivity index (χ4n) is 6.46. The average molecular weight is 664 g/mol. The van der Waals surface area contributed by atoms with Gasteiger partial charge in [0.15, 0.2) is 0 Å². The Hall–Kier alpha value is -4.81. The lowest BCUT2D eigenvalue weighted by molar-refractivity contribution is 0.0699. The molecule has 1 aliphatic carbocycles. The molecule has 5 aromatic rings. The van der Waals surface area contributed by atoms with Gasteiger partial charge >= 0.3 is 5.97 Å². The molecular weight excluding hydrogens is 634 g/mol. The highest BCUT2D eigenvalue weighted by molar-refractivity contribution is 7.18. The van der Waals surface area contributed by atoms with Gasteiger partial charge in [0.1, 0.15) is 23.3 Å². The van der Waals surface area contributed by atoms with Crippen molar-refractivity contribution in [1.82, 2.24) is 24.4 Å². The van der Waals surface area contributed by atoms with Crippen LogP contribution in [0.4, 0.5) is 5.82 Å². The van der Waals surface area contributed by atoms with E-state index < -0.39 is 5.97 Å². The number of carboxylic acid groups (broad SMARTS) is 1. The highest BCUT2D eigenvalue weighted by atomic mass is 35.5. The summed E-state index contributed by atoms with van der Waals surface area (Å²) in [5.74, 6) is 6.26. The molecule has 1 aliphatic heterocycles. The highest BCUT2D eigenvalue weighted by Gasteiger charge is 2.33. The molecule has 7 rings (SSSR count). The molecule has 2 aliphatic rings. The van der Waals surface area contributed by atoms with E-state index in [0.29, 0.717) is 50.0 Å². The van der Waals surface area contributed by atoms with Crippen LogP contribution in [0.25, 0.3) is 32.2 Å². The number of aromatic carboxylic acids is 1. The summed E-state index contributed by atoms with van der Waals surface area (Å²) in [6.07, 6.45) is 7.66. The number of hydrogen-bond acceptors (Lipinski definition) is 9. The number of anilines is 1. The van der Waals surface area contributed by atoms with Crippen molar-refractivity contribution in [3.8, 4) is 29.0 Å². The summed E-state index contributed by atoms with van der Waals surface area (Å²) in [7, 11) is 2.21. The van der Waals surface area contributed by atoms with E-state index in [4.69, 9.17) is 11.6 Å².